The van der Waals surface area contributed by atoms with Gasteiger partial charge in [-0.1, -0.05) is 30.3 Å². The number of nitrogens with one attached hydrogen (secondary N) is 2. The molecule has 2 aliphatic heterocycles. The number of hydrogen-bond donors (Lipinski definition) is 2. The second kappa shape index (κ2) is 7.06. The Bertz CT molecular complexity index is 573. The summed E-state index contributed by atoms with van der Waals surface area (Å²) in [5, 5.41) is 0. The van der Waals surface area contributed by atoms with E-state index in [2.05, 4.69) is 14.3 Å². The van der Waals surface area contributed by atoms with E-state index in [0.29, 0.717) is 13.2 Å². The van der Waals surface area contributed by atoms with Crippen molar-refractivity contribution < 1.29 is 13.2 Å². The summed E-state index contributed by atoms with van der Waals surface area (Å²) in [5.74, 6) is 0. The highest BCUT2D eigenvalue weighted by molar-refractivity contribution is 7.87. The van der Waals surface area contributed by atoms with Crippen molar-refractivity contribution in [2.45, 2.75) is 31.5 Å². The fraction of sp³-hybridized carbons (Fsp3) is 0.600. The van der Waals surface area contributed by atoms with Crippen molar-refractivity contribution >= 4 is 10.2 Å². The molecule has 0 aromatic heterocycles. The number of benzene rings is 1. The molecule has 0 saturated carbocycles. The summed E-state index contributed by atoms with van der Waals surface area (Å²) in [4.78, 5) is 2.33. The second-order valence-corrected chi connectivity index (χ2v) is 7.41. The molecular weight excluding hydrogens is 302 g/mol. The lowest BCUT2D eigenvalue weighted by Gasteiger charge is -2.27. The molecule has 2 saturated heterocycles. The van der Waals surface area contributed by atoms with Crippen LogP contribution in [-0.2, 0) is 21.5 Å². The first-order chi connectivity index (χ1) is 10.6. The molecule has 1 aromatic rings. The summed E-state index contributed by atoms with van der Waals surface area (Å²) in [6, 6.07) is 9.47. The van der Waals surface area contributed by atoms with E-state index >= 15 is 0 Å². The van der Waals surface area contributed by atoms with Gasteiger partial charge in [0.05, 0.1) is 25.3 Å². The average molecular weight is 325 g/mol. The predicted octanol–water partition coefficient (Wildman–Crippen LogP) is 0.474. The van der Waals surface area contributed by atoms with Crippen LogP contribution >= 0.6 is 0 Å². The summed E-state index contributed by atoms with van der Waals surface area (Å²) >= 11 is 0. The maximum Gasteiger partial charge on any atom is 0.277 e. The summed E-state index contributed by atoms with van der Waals surface area (Å²) in [5.41, 5.74) is 0.937. The fourth-order valence-electron chi connectivity index (χ4n) is 3.10. The van der Waals surface area contributed by atoms with E-state index in [9.17, 15) is 8.42 Å². The third-order valence-electron chi connectivity index (χ3n) is 4.28. The Morgan fingerprint density at radius 2 is 1.86 bits per heavy atom. The minimum atomic E-state index is -3.53. The van der Waals surface area contributed by atoms with Crippen LogP contribution in [0.3, 0.4) is 0 Å². The van der Waals surface area contributed by atoms with Crippen LogP contribution in [0.15, 0.2) is 30.3 Å². The minimum Gasteiger partial charge on any atom is -0.378 e. The maximum atomic E-state index is 12.2. The van der Waals surface area contributed by atoms with Crippen molar-refractivity contribution in [2.24, 2.45) is 0 Å². The third-order valence-corrected chi connectivity index (χ3v) is 5.41. The Labute approximate surface area is 132 Å². The molecule has 2 atom stereocenters. The molecule has 0 radical (unpaired) electrons. The monoisotopic (exact) mass is 325 g/mol. The van der Waals surface area contributed by atoms with E-state index in [1.165, 1.54) is 12.8 Å². The van der Waals surface area contributed by atoms with Crippen LogP contribution < -0.4 is 9.44 Å². The molecule has 0 aliphatic carbocycles. The van der Waals surface area contributed by atoms with Crippen LogP contribution in [-0.4, -0.2) is 51.7 Å². The second-order valence-electron chi connectivity index (χ2n) is 5.88. The van der Waals surface area contributed by atoms with E-state index in [4.69, 9.17) is 4.74 Å². The Morgan fingerprint density at radius 1 is 1.14 bits per heavy atom. The minimum absolute atomic E-state index is 0.149. The average Bonchev–Trinajstić information content (AvgIpc) is 3.17. The molecule has 6 nitrogen and oxygen atoms in total. The van der Waals surface area contributed by atoms with E-state index < -0.39 is 10.2 Å². The van der Waals surface area contributed by atoms with Crippen molar-refractivity contribution in [2.75, 3.05) is 26.3 Å². The largest absolute Gasteiger partial charge is 0.378 e. The lowest BCUT2D eigenvalue weighted by atomic mass is 10.1. The first kappa shape index (κ1) is 15.9. The molecule has 2 fully saturated rings. The Morgan fingerprint density at radius 3 is 2.59 bits per heavy atom. The molecule has 3 rings (SSSR count). The van der Waals surface area contributed by atoms with Gasteiger partial charge in [-0.25, -0.2) is 0 Å². The van der Waals surface area contributed by atoms with Crippen LogP contribution in [0.25, 0.3) is 0 Å². The lowest BCUT2D eigenvalue weighted by molar-refractivity contribution is 0.159. The molecule has 122 valence electrons. The molecule has 2 aliphatic rings. The van der Waals surface area contributed by atoms with E-state index in [-0.39, 0.29) is 18.6 Å². The smallest absolute Gasteiger partial charge is 0.277 e. The van der Waals surface area contributed by atoms with Crippen LogP contribution in [0.2, 0.25) is 0 Å². The Balaban J connectivity index is 1.56. The highest BCUT2D eigenvalue weighted by Gasteiger charge is 2.36. The standard InChI is InChI=1S/C15H23N3O3S/c19-22(20,16-10-13-6-2-1-3-7-13)17-14-11-21-12-15(14)18-8-4-5-9-18/h1-3,6-7,14-17H,4-5,8-12H2/t14-,15-/m0/s1. The lowest BCUT2D eigenvalue weighted by Crippen LogP contribution is -2.52. The number of nitrogens with zero attached hydrogens (tertiary/aromatic N) is 1. The quantitative estimate of drug-likeness (QED) is 0.798. The summed E-state index contributed by atoms with van der Waals surface area (Å²) in [6.07, 6.45) is 2.37. The first-order valence-corrected chi connectivity index (χ1v) is 9.25. The van der Waals surface area contributed by atoms with Crippen LogP contribution in [0, 0.1) is 0 Å². The molecule has 2 N–H and O–H groups in total. The zero-order valence-corrected chi connectivity index (χ0v) is 13.4. The van der Waals surface area contributed by atoms with E-state index in [0.717, 1.165) is 18.7 Å². The topological polar surface area (TPSA) is 70.7 Å². The van der Waals surface area contributed by atoms with Crippen LogP contribution in [0.1, 0.15) is 18.4 Å². The molecule has 0 unspecified atom stereocenters. The number of hydrogen-bond acceptors (Lipinski definition) is 4. The van der Waals surface area contributed by atoms with Gasteiger partial charge in [0.2, 0.25) is 0 Å². The van der Waals surface area contributed by atoms with Gasteiger partial charge >= 0.3 is 0 Å². The van der Waals surface area contributed by atoms with Crippen molar-refractivity contribution in [1.29, 1.82) is 0 Å². The fourth-order valence-corrected chi connectivity index (χ4v) is 4.17. The van der Waals surface area contributed by atoms with Gasteiger partial charge in [-0.2, -0.15) is 17.9 Å². The van der Waals surface area contributed by atoms with E-state index in [1.807, 2.05) is 30.3 Å². The van der Waals surface area contributed by atoms with Gasteiger partial charge in [0, 0.05) is 6.54 Å². The molecule has 2 heterocycles. The maximum absolute atomic E-state index is 12.2. The third kappa shape index (κ3) is 4.05. The van der Waals surface area contributed by atoms with Gasteiger partial charge < -0.3 is 4.74 Å². The highest BCUT2D eigenvalue weighted by Crippen LogP contribution is 2.19. The number of rotatable bonds is 6. The zero-order valence-electron chi connectivity index (χ0n) is 12.6. The summed E-state index contributed by atoms with van der Waals surface area (Å²) in [7, 11) is -3.53. The van der Waals surface area contributed by atoms with Gasteiger partial charge in [-0.3, -0.25) is 4.90 Å². The van der Waals surface area contributed by atoms with Crippen LogP contribution in [0.4, 0.5) is 0 Å². The van der Waals surface area contributed by atoms with E-state index in [1.54, 1.807) is 0 Å². The molecule has 0 bridgehead atoms. The predicted molar refractivity (Wildman–Crippen MR) is 84.5 cm³/mol. The Hall–Kier alpha value is -0.990. The van der Waals surface area contributed by atoms with Gasteiger partial charge in [-0.05, 0) is 31.5 Å². The van der Waals surface area contributed by atoms with Crippen molar-refractivity contribution in [3.05, 3.63) is 35.9 Å². The van der Waals surface area contributed by atoms with Crippen molar-refractivity contribution in [3.63, 3.8) is 0 Å². The van der Waals surface area contributed by atoms with Gasteiger partial charge in [0.25, 0.3) is 10.2 Å². The Kier molecular flexibility index (Phi) is 5.10. The SMILES string of the molecule is O=S(=O)(NCc1ccccc1)N[C@H]1COC[C@@H]1N1CCCC1. The van der Waals surface area contributed by atoms with Crippen molar-refractivity contribution in [1.82, 2.24) is 14.3 Å². The van der Waals surface area contributed by atoms with Crippen molar-refractivity contribution in [3.8, 4) is 0 Å². The van der Waals surface area contributed by atoms with Crippen LogP contribution in [0.5, 0.6) is 0 Å². The summed E-state index contributed by atoms with van der Waals surface area (Å²) < 4.78 is 35.3. The first-order valence-electron chi connectivity index (χ1n) is 7.77. The van der Waals surface area contributed by atoms with Gasteiger partial charge in [0.1, 0.15) is 0 Å². The normalized spacial score (nSPS) is 26.5. The van der Waals surface area contributed by atoms with Gasteiger partial charge in [0.15, 0.2) is 0 Å². The molecule has 1 aromatic carbocycles. The summed E-state index contributed by atoms with van der Waals surface area (Å²) in [6.45, 7) is 3.39. The molecule has 22 heavy (non-hydrogen) atoms. The number of ether oxygens (including phenoxy) is 1. The molecular formula is C15H23N3O3S. The highest BCUT2D eigenvalue weighted by atomic mass is 32.2. The zero-order chi connectivity index (χ0) is 15.4. The molecule has 0 spiro atoms. The number of likely N-dealkylation sites (tertiary alicyclic amines) is 1. The molecule has 7 heteroatoms. The molecule has 0 amide bonds. The van der Waals surface area contributed by atoms with Gasteiger partial charge in [-0.15, -0.1) is 0 Å².